The van der Waals surface area contributed by atoms with Gasteiger partial charge in [-0.15, -0.1) is 0 Å². The van der Waals surface area contributed by atoms with Crippen LogP contribution < -0.4 is 0 Å². The first-order valence-corrected chi connectivity index (χ1v) is 16.6. The fourth-order valence-corrected chi connectivity index (χ4v) is 9.70. The molecule has 3 aliphatic rings. The van der Waals surface area contributed by atoms with Crippen molar-refractivity contribution in [3.63, 3.8) is 0 Å². The fraction of sp³-hybridized carbons (Fsp3) is 0.562. The third-order valence-electron chi connectivity index (χ3n) is 9.65. The Kier molecular flexibility index (Phi) is 9.88. The van der Waals surface area contributed by atoms with Crippen molar-refractivity contribution in [2.75, 3.05) is 6.54 Å². The summed E-state index contributed by atoms with van der Waals surface area (Å²) in [7, 11) is -4.45. The van der Waals surface area contributed by atoms with Gasteiger partial charge in [-0.3, -0.25) is 9.59 Å². The molecule has 2 aromatic carbocycles. The minimum absolute atomic E-state index is 0.0281. The van der Waals surface area contributed by atoms with Crippen molar-refractivity contribution in [2.45, 2.75) is 105 Å². The molecule has 47 heavy (non-hydrogen) atoms. The van der Waals surface area contributed by atoms with E-state index in [1.165, 1.54) is 43.0 Å². The van der Waals surface area contributed by atoms with E-state index in [-0.39, 0.29) is 60.1 Å². The van der Waals surface area contributed by atoms with Gasteiger partial charge in [0.2, 0.25) is 5.91 Å². The van der Waals surface area contributed by atoms with E-state index in [1.54, 1.807) is 0 Å². The molecule has 15 heteroatoms. The van der Waals surface area contributed by atoms with Crippen LogP contribution in [0, 0.1) is 5.92 Å². The summed E-state index contributed by atoms with van der Waals surface area (Å²) in [6.07, 6.45) is -9.01. The van der Waals surface area contributed by atoms with Crippen LogP contribution in [0.25, 0.3) is 0 Å². The van der Waals surface area contributed by atoms with Gasteiger partial charge in [0.1, 0.15) is 4.75 Å². The Morgan fingerprint density at radius 1 is 0.894 bits per heavy atom. The average molecular weight is 696 g/mol. The maximum Gasteiger partial charge on any atom is 0.435 e. The Bertz CT molecular complexity index is 1560. The fourth-order valence-electron chi connectivity index (χ4n) is 7.33. The zero-order valence-corrected chi connectivity index (χ0v) is 26.5. The lowest BCUT2D eigenvalue weighted by Crippen LogP contribution is -2.53. The molecule has 0 spiro atoms. The van der Waals surface area contributed by atoms with Gasteiger partial charge in [0.15, 0.2) is 9.84 Å². The first kappa shape index (κ1) is 36.6. The number of halogens is 7. The first-order valence-electron chi connectivity index (χ1n) is 15.1. The molecule has 2 atom stereocenters. The predicted molar refractivity (Wildman–Crippen MR) is 156 cm³/mol. The number of rotatable bonds is 5. The molecular weight excluding hydrogens is 659 g/mol. The number of amides is 1. The summed E-state index contributed by atoms with van der Waals surface area (Å²) in [5.74, 6) is -0.510. The van der Waals surface area contributed by atoms with Gasteiger partial charge in [0.25, 0.3) is 6.47 Å². The Morgan fingerprint density at radius 2 is 1.43 bits per heavy atom. The Morgan fingerprint density at radius 3 is 1.94 bits per heavy atom. The summed E-state index contributed by atoms with van der Waals surface area (Å²) >= 11 is 0. The van der Waals surface area contributed by atoms with Crippen molar-refractivity contribution in [1.82, 2.24) is 4.90 Å². The molecule has 0 aromatic heterocycles. The molecule has 1 amide bonds. The molecule has 2 N–H and O–H groups in total. The van der Waals surface area contributed by atoms with Crippen molar-refractivity contribution in [3.05, 3.63) is 64.7 Å². The van der Waals surface area contributed by atoms with Crippen LogP contribution in [0.15, 0.2) is 47.4 Å². The molecule has 1 aliphatic heterocycles. The smallest absolute Gasteiger partial charge is 0.435 e. The number of sulfone groups is 1. The number of aliphatic hydroxyl groups is 1. The zero-order valence-electron chi connectivity index (χ0n) is 25.7. The largest absolute Gasteiger partial charge is 0.483 e. The zero-order chi connectivity index (χ0) is 35.2. The van der Waals surface area contributed by atoms with E-state index < -0.39 is 49.8 Å². The summed E-state index contributed by atoms with van der Waals surface area (Å²) < 4.78 is 124. The number of alkyl halides is 7. The summed E-state index contributed by atoms with van der Waals surface area (Å²) in [4.78, 5) is 23.5. The maximum atomic E-state index is 15.0. The number of carbonyl (C=O) groups is 2. The third kappa shape index (κ3) is 6.13. The second kappa shape index (κ2) is 12.7. The number of nitrogens with zero attached hydrogens (tertiary/aromatic N) is 1. The molecule has 1 saturated carbocycles. The second-order valence-corrected chi connectivity index (χ2v) is 15.0. The number of benzene rings is 2. The van der Waals surface area contributed by atoms with Crippen LogP contribution in [0.2, 0.25) is 0 Å². The third-order valence-corrected chi connectivity index (χ3v) is 12.2. The Balaban J connectivity index is 0.00000160. The van der Waals surface area contributed by atoms with Crippen molar-refractivity contribution >= 4 is 22.2 Å². The Labute approximate surface area is 267 Å². The number of likely N-dealkylation sites (tertiary alicyclic amines) is 1. The quantitative estimate of drug-likeness (QED) is 0.266. The highest BCUT2D eigenvalue weighted by Crippen LogP contribution is 2.57. The van der Waals surface area contributed by atoms with Crippen LogP contribution in [0.1, 0.15) is 81.0 Å². The molecule has 5 rings (SSSR count). The van der Waals surface area contributed by atoms with Crippen molar-refractivity contribution in [3.8, 4) is 0 Å². The number of carboxylic acid groups (broad SMARTS) is 1. The molecule has 0 radical (unpaired) electrons. The van der Waals surface area contributed by atoms with Crippen LogP contribution in [-0.2, 0) is 41.9 Å². The molecular formula is C32H36F7NO6S. The number of aryl methyl sites for hydroxylation is 1. The second-order valence-electron chi connectivity index (χ2n) is 12.8. The summed E-state index contributed by atoms with van der Waals surface area (Å²) in [5.41, 5.74) is -8.39. The van der Waals surface area contributed by atoms with E-state index in [0.717, 1.165) is 25.3 Å². The molecule has 2 unspecified atom stereocenters. The lowest BCUT2D eigenvalue weighted by atomic mass is 9.76. The monoisotopic (exact) mass is 695 g/mol. The van der Waals surface area contributed by atoms with E-state index in [9.17, 15) is 44.7 Å². The van der Waals surface area contributed by atoms with Gasteiger partial charge in [0, 0.05) is 18.0 Å². The molecule has 1 saturated heterocycles. The molecule has 2 fully saturated rings. The average Bonchev–Trinajstić information content (AvgIpc) is 3.41. The van der Waals surface area contributed by atoms with E-state index >= 15 is 4.39 Å². The van der Waals surface area contributed by atoms with Gasteiger partial charge >= 0.3 is 18.0 Å². The highest BCUT2D eigenvalue weighted by molar-refractivity contribution is 7.92. The van der Waals surface area contributed by atoms with E-state index in [1.807, 2.05) is 0 Å². The minimum atomic E-state index is -6.32. The van der Waals surface area contributed by atoms with E-state index in [0.29, 0.717) is 30.5 Å². The molecule has 7 nitrogen and oxygen atoms in total. The standard InChI is InChI=1S/C31H34F7NO4S.CH2O2/c1-27(2,41)21-9-12-23(13-10-21)44(42,43)28-16-17-39(26(40)19-6-4-3-5-7-19)25(28)15-8-20-18-22(11-14-24(20)28)29(32,30(33,34)35)31(36,37)38;2-1-3/h9-14,18-19,25,41H,3-8,15-17H2,1-2H3;1H,(H,2,3). The normalized spacial score (nSPS) is 22.5. The predicted octanol–water partition coefficient (Wildman–Crippen LogP) is 6.70. The highest BCUT2D eigenvalue weighted by atomic mass is 32.2. The number of carbonyl (C=O) groups excluding carboxylic acids is 1. The van der Waals surface area contributed by atoms with Crippen molar-refractivity contribution < 1.29 is 59.0 Å². The van der Waals surface area contributed by atoms with Crippen molar-refractivity contribution in [1.29, 1.82) is 0 Å². The number of hydrogen-bond donors (Lipinski definition) is 2. The topological polar surface area (TPSA) is 112 Å². The molecule has 260 valence electrons. The van der Waals surface area contributed by atoms with Crippen LogP contribution in [0.5, 0.6) is 0 Å². The maximum absolute atomic E-state index is 15.0. The van der Waals surface area contributed by atoms with E-state index in [4.69, 9.17) is 9.90 Å². The van der Waals surface area contributed by atoms with Crippen LogP contribution in [0.4, 0.5) is 30.7 Å². The molecule has 2 aromatic rings. The highest BCUT2D eigenvalue weighted by Gasteiger charge is 2.74. The summed E-state index contributed by atoms with van der Waals surface area (Å²) in [5, 5.41) is 17.2. The Hall–Kier alpha value is -3.20. The van der Waals surface area contributed by atoms with Crippen LogP contribution >= 0.6 is 0 Å². The first-order chi connectivity index (χ1) is 21.7. The van der Waals surface area contributed by atoms with E-state index in [2.05, 4.69) is 0 Å². The van der Waals surface area contributed by atoms with Gasteiger partial charge in [-0.2, -0.15) is 26.3 Å². The van der Waals surface area contributed by atoms with Gasteiger partial charge in [0.05, 0.1) is 16.5 Å². The summed E-state index contributed by atoms with van der Waals surface area (Å²) in [6, 6.07) is 6.21. The van der Waals surface area contributed by atoms with Crippen molar-refractivity contribution in [2.24, 2.45) is 5.92 Å². The summed E-state index contributed by atoms with van der Waals surface area (Å²) in [6.45, 7) is 2.80. The lowest BCUT2D eigenvalue weighted by molar-refractivity contribution is -0.348. The molecule has 0 bridgehead atoms. The van der Waals surface area contributed by atoms with Crippen LogP contribution in [-0.4, -0.2) is 60.8 Å². The number of fused-ring (bicyclic) bond motifs is 3. The minimum Gasteiger partial charge on any atom is -0.483 e. The van der Waals surface area contributed by atoms with Crippen LogP contribution in [0.3, 0.4) is 0 Å². The number of hydrogen-bond acceptors (Lipinski definition) is 5. The van der Waals surface area contributed by atoms with Gasteiger partial charge < -0.3 is 15.1 Å². The van der Waals surface area contributed by atoms with Gasteiger partial charge in [-0.25, -0.2) is 12.8 Å². The van der Waals surface area contributed by atoms with Gasteiger partial charge in [-0.1, -0.05) is 49.6 Å². The molecule has 2 aliphatic carbocycles. The van der Waals surface area contributed by atoms with Gasteiger partial charge in [-0.05, 0) is 74.8 Å². The lowest BCUT2D eigenvalue weighted by Gasteiger charge is -2.43. The molecule has 1 heterocycles. The SMILES string of the molecule is CC(C)(O)c1ccc(S(=O)(=O)C23CCN(C(=O)C4CCCCC4)C2CCc2cc(C(F)(C(F)(F)F)C(F)(F)F)ccc23)cc1.O=CO.